The molecule has 0 bridgehead atoms. The van der Waals surface area contributed by atoms with Gasteiger partial charge in [0.25, 0.3) is 0 Å². The number of rotatable bonds is 3. The highest BCUT2D eigenvalue weighted by atomic mass is 16.4. The molecule has 4 rings (SSSR count). The lowest BCUT2D eigenvalue weighted by Crippen LogP contribution is -2.40. The van der Waals surface area contributed by atoms with Crippen LogP contribution in [-0.2, 0) is 18.4 Å². The highest BCUT2D eigenvalue weighted by Gasteiger charge is 2.56. The lowest BCUT2D eigenvalue weighted by Gasteiger charge is -2.24. The zero-order chi connectivity index (χ0) is 16.2. The number of hydrogen-bond acceptors (Lipinski definition) is 3. The smallest absolute Gasteiger partial charge is 0.312 e. The molecular weight excluding hydrogens is 290 g/mol. The molecule has 122 valence electrons. The van der Waals surface area contributed by atoms with Crippen LogP contribution in [-0.4, -0.2) is 58.7 Å². The molecular formula is C18H23N3O2. The third-order valence-electron chi connectivity index (χ3n) is 5.63. The van der Waals surface area contributed by atoms with Crippen LogP contribution in [0.5, 0.6) is 0 Å². The Balaban J connectivity index is 1.54. The van der Waals surface area contributed by atoms with E-state index in [1.807, 2.05) is 7.05 Å². The third kappa shape index (κ3) is 2.26. The van der Waals surface area contributed by atoms with Crippen molar-refractivity contribution < 1.29 is 9.90 Å². The van der Waals surface area contributed by atoms with Crippen LogP contribution in [0.15, 0.2) is 30.5 Å². The van der Waals surface area contributed by atoms with E-state index in [9.17, 15) is 9.90 Å². The number of carboxylic acids is 1. The Morgan fingerprint density at radius 3 is 2.83 bits per heavy atom. The minimum absolute atomic E-state index is 0.241. The van der Waals surface area contributed by atoms with Gasteiger partial charge in [0.05, 0.1) is 5.41 Å². The second-order valence-electron chi connectivity index (χ2n) is 7.34. The Kier molecular flexibility index (Phi) is 3.25. The minimum Gasteiger partial charge on any atom is -0.481 e. The van der Waals surface area contributed by atoms with Gasteiger partial charge in [0.1, 0.15) is 0 Å². The molecule has 2 aliphatic rings. The van der Waals surface area contributed by atoms with Crippen molar-refractivity contribution in [2.75, 3.05) is 33.2 Å². The van der Waals surface area contributed by atoms with Crippen LogP contribution in [0.1, 0.15) is 5.56 Å². The molecule has 0 saturated carbocycles. The standard InChI is InChI=1S/C18H23N3O2/c1-19-9-15-10-21(12-18(15,11-19)17(22)23)8-13-3-4-16-14(7-13)5-6-20(16)2/h3-7,15H,8-12H2,1-2H3,(H,22,23)/t15-,18-/m0/s1. The first-order valence-electron chi connectivity index (χ1n) is 8.16. The first kappa shape index (κ1) is 14.7. The largest absolute Gasteiger partial charge is 0.481 e. The fourth-order valence-corrected chi connectivity index (χ4v) is 4.53. The minimum atomic E-state index is -0.632. The predicted molar refractivity (Wildman–Crippen MR) is 89.3 cm³/mol. The fraction of sp³-hybridized carbons (Fsp3) is 0.500. The molecule has 3 heterocycles. The second-order valence-corrected chi connectivity index (χ2v) is 7.34. The van der Waals surface area contributed by atoms with Crippen molar-refractivity contribution in [1.82, 2.24) is 14.4 Å². The van der Waals surface area contributed by atoms with Crippen LogP contribution in [0.3, 0.4) is 0 Å². The number of carbonyl (C=O) groups is 1. The Morgan fingerprint density at radius 1 is 1.26 bits per heavy atom. The summed E-state index contributed by atoms with van der Waals surface area (Å²) in [5.41, 5.74) is 1.92. The number of aliphatic carboxylic acids is 1. The Labute approximate surface area is 136 Å². The summed E-state index contributed by atoms with van der Waals surface area (Å²) in [6.07, 6.45) is 2.07. The number of nitrogens with zero attached hydrogens (tertiary/aromatic N) is 3. The van der Waals surface area contributed by atoms with Gasteiger partial charge in [0.15, 0.2) is 0 Å². The highest BCUT2D eigenvalue weighted by Crippen LogP contribution is 2.42. The molecule has 1 aromatic heterocycles. The van der Waals surface area contributed by atoms with E-state index in [0.29, 0.717) is 13.1 Å². The fourth-order valence-electron chi connectivity index (χ4n) is 4.53. The zero-order valence-electron chi connectivity index (χ0n) is 13.7. The summed E-state index contributed by atoms with van der Waals surface area (Å²) in [6, 6.07) is 8.67. The number of carboxylic acid groups (broad SMARTS) is 1. The van der Waals surface area contributed by atoms with Crippen LogP contribution in [0.4, 0.5) is 0 Å². The lowest BCUT2D eigenvalue weighted by molar-refractivity contribution is -0.148. The molecule has 0 radical (unpaired) electrons. The van der Waals surface area contributed by atoms with Crippen molar-refractivity contribution in [1.29, 1.82) is 0 Å². The SMILES string of the molecule is CN1C[C@H]2CN(Cc3ccc4c(ccn4C)c3)C[C@@]2(C(=O)O)C1. The second kappa shape index (κ2) is 5.08. The first-order valence-corrected chi connectivity index (χ1v) is 8.16. The van der Waals surface area contributed by atoms with Crippen molar-refractivity contribution in [3.63, 3.8) is 0 Å². The molecule has 0 aliphatic carbocycles. The van der Waals surface area contributed by atoms with Crippen molar-refractivity contribution in [2.45, 2.75) is 6.54 Å². The van der Waals surface area contributed by atoms with Crippen molar-refractivity contribution in [2.24, 2.45) is 18.4 Å². The van der Waals surface area contributed by atoms with E-state index in [4.69, 9.17) is 0 Å². The Hall–Kier alpha value is -1.85. The van der Waals surface area contributed by atoms with Crippen LogP contribution in [0.2, 0.25) is 0 Å². The summed E-state index contributed by atoms with van der Waals surface area (Å²) in [5, 5.41) is 11.0. The number of aromatic nitrogens is 1. The van der Waals surface area contributed by atoms with Gasteiger partial charge in [-0.3, -0.25) is 9.69 Å². The summed E-state index contributed by atoms with van der Waals surface area (Å²) in [7, 11) is 4.08. The predicted octanol–water partition coefficient (Wildman–Crippen LogP) is 1.63. The number of fused-ring (bicyclic) bond motifs is 2. The third-order valence-corrected chi connectivity index (χ3v) is 5.63. The van der Waals surface area contributed by atoms with E-state index in [0.717, 1.165) is 19.6 Å². The number of hydrogen-bond donors (Lipinski definition) is 1. The van der Waals surface area contributed by atoms with Gasteiger partial charge in [-0.1, -0.05) is 6.07 Å². The van der Waals surface area contributed by atoms with E-state index in [2.05, 4.69) is 51.9 Å². The zero-order valence-corrected chi connectivity index (χ0v) is 13.7. The quantitative estimate of drug-likeness (QED) is 0.936. The molecule has 5 nitrogen and oxygen atoms in total. The average molecular weight is 313 g/mol. The van der Waals surface area contributed by atoms with Crippen LogP contribution in [0.25, 0.3) is 10.9 Å². The summed E-state index contributed by atoms with van der Waals surface area (Å²) < 4.78 is 2.12. The van der Waals surface area contributed by atoms with Crippen LogP contribution in [0, 0.1) is 11.3 Å². The number of aryl methyl sites for hydroxylation is 1. The maximum atomic E-state index is 11.9. The summed E-state index contributed by atoms with van der Waals surface area (Å²) >= 11 is 0. The van der Waals surface area contributed by atoms with Crippen LogP contribution < -0.4 is 0 Å². The monoisotopic (exact) mass is 313 g/mol. The highest BCUT2D eigenvalue weighted by molar-refractivity contribution is 5.80. The molecule has 2 aliphatic heterocycles. The van der Waals surface area contributed by atoms with Crippen LogP contribution >= 0.6 is 0 Å². The molecule has 1 N–H and O–H groups in total. The first-order chi connectivity index (χ1) is 11.0. The molecule has 0 spiro atoms. The normalized spacial score (nSPS) is 28.5. The number of likely N-dealkylation sites (tertiary alicyclic amines) is 2. The maximum Gasteiger partial charge on any atom is 0.312 e. The van der Waals surface area contributed by atoms with E-state index in [-0.39, 0.29) is 5.92 Å². The average Bonchev–Trinajstić information content (AvgIpc) is 3.10. The molecule has 2 fully saturated rings. The van der Waals surface area contributed by atoms with Gasteiger partial charge in [-0.25, -0.2) is 0 Å². The molecule has 1 aromatic carbocycles. The maximum absolute atomic E-state index is 11.9. The van der Waals surface area contributed by atoms with Gasteiger partial charge < -0.3 is 14.6 Å². The van der Waals surface area contributed by atoms with Gasteiger partial charge in [-0.05, 0) is 36.2 Å². The molecule has 0 unspecified atom stereocenters. The summed E-state index contributed by atoms with van der Waals surface area (Å²) in [4.78, 5) is 16.3. The van der Waals surface area contributed by atoms with Gasteiger partial charge in [0.2, 0.25) is 0 Å². The van der Waals surface area contributed by atoms with E-state index in [1.165, 1.54) is 16.5 Å². The molecule has 23 heavy (non-hydrogen) atoms. The molecule has 2 saturated heterocycles. The van der Waals surface area contributed by atoms with Gasteiger partial charge >= 0.3 is 5.97 Å². The van der Waals surface area contributed by atoms with Crippen molar-refractivity contribution >= 4 is 16.9 Å². The van der Waals surface area contributed by atoms with Gasteiger partial charge in [0, 0.05) is 57.4 Å². The molecule has 2 atom stereocenters. The van der Waals surface area contributed by atoms with E-state index < -0.39 is 11.4 Å². The van der Waals surface area contributed by atoms with Crippen molar-refractivity contribution in [3.05, 3.63) is 36.0 Å². The summed E-state index contributed by atoms with van der Waals surface area (Å²) in [6.45, 7) is 3.93. The van der Waals surface area contributed by atoms with Gasteiger partial charge in [-0.2, -0.15) is 0 Å². The Morgan fingerprint density at radius 2 is 2.09 bits per heavy atom. The van der Waals surface area contributed by atoms with E-state index in [1.54, 1.807) is 0 Å². The van der Waals surface area contributed by atoms with Crippen molar-refractivity contribution in [3.8, 4) is 0 Å². The molecule has 2 aromatic rings. The van der Waals surface area contributed by atoms with Gasteiger partial charge in [-0.15, -0.1) is 0 Å². The molecule has 5 heteroatoms. The Bertz CT molecular complexity index is 769. The molecule has 0 amide bonds. The van der Waals surface area contributed by atoms with E-state index >= 15 is 0 Å². The number of benzene rings is 1. The summed E-state index contributed by atoms with van der Waals surface area (Å²) in [5.74, 6) is -0.390. The topological polar surface area (TPSA) is 48.7 Å². The lowest BCUT2D eigenvalue weighted by atomic mass is 9.81.